The van der Waals surface area contributed by atoms with Crippen LogP contribution in [0, 0.1) is 0 Å². The Hall–Kier alpha value is -11.7. The van der Waals surface area contributed by atoms with Crippen LogP contribution in [-0.4, -0.2) is 15.8 Å². The standard InChI is InChI=1S/C84H55BN4/c1-7-27-56(28-8-1)61-49-51-76-72(53-61)85-71-50-52-77-80(70-41-21-24-48-75(70)86(77)62-37-17-6-18-38-62)84(71)89(83-66(59-33-13-4-14-34-59)44-26-45-67(83)60-35-15-5-16-36-60)79-55-63(87-73-46-22-19-39-68(73)69-40-20-23-47-74(69)87)54-78(81(79)85)88(76)82-64(57-29-9-2-10-30-57)42-25-43-65(82)58-31-11-3-12-32-58/h1-55H. The molecule has 0 atom stereocenters. The first-order valence-corrected chi connectivity index (χ1v) is 30.8. The van der Waals surface area contributed by atoms with Crippen molar-refractivity contribution in [2.24, 2.45) is 0 Å². The molecule has 14 aromatic carbocycles. The summed E-state index contributed by atoms with van der Waals surface area (Å²) in [6, 6.07) is 124. The molecule has 0 amide bonds. The normalized spacial score (nSPS) is 12.4. The van der Waals surface area contributed by atoms with Crippen molar-refractivity contribution in [1.29, 1.82) is 0 Å². The van der Waals surface area contributed by atoms with Gasteiger partial charge in [0.15, 0.2) is 0 Å². The Balaban J connectivity index is 1.08. The molecule has 0 N–H and O–H groups in total. The highest BCUT2D eigenvalue weighted by molar-refractivity contribution is 7.00. The molecule has 89 heavy (non-hydrogen) atoms. The molecule has 0 radical (unpaired) electrons. The number of nitrogens with zero attached hydrogens (tertiary/aromatic N) is 4. The summed E-state index contributed by atoms with van der Waals surface area (Å²) in [4.78, 5) is 5.38. The molecule has 2 aromatic heterocycles. The van der Waals surface area contributed by atoms with E-state index in [1.54, 1.807) is 0 Å². The van der Waals surface area contributed by atoms with Crippen LogP contribution < -0.4 is 26.2 Å². The molecule has 16 aromatic rings. The van der Waals surface area contributed by atoms with Crippen molar-refractivity contribution in [3.63, 3.8) is 0 Å². The van der Waals surface area contributed by atoms with Gasteiger partial charge in [-0.1, -0.05) is 279 Å². The quantitative estimate of drug-likeness (QED) is 0.134. The number of hydrogen-bond acceptors (Lipinski definition) is 2. The zero-order valence-electron chi connectivity index (χ0n) is 48.6. The lowest BCUT2D eigenvalue weighted by atomic mass is 9.33. The highest BCUT2D eigenvalue weighted by Gasteiger charge is 2.47. The Bertz CT molecular complexity index is 5260. The maximum Gasteiger partial charge on any atom is 0.252 e. The minimum Gasteiger partial charge on any atom is -0.310 e. The van der Waals surface area contributed by atoms with Crippen molar-refractivity contribution in [2.45, 2.75) is 0 Å². The van der Waals surface area contributed by atoms with E-state index in [4.69, 9.17) is 0 Å². The minimum absolute atomic E-state index is 0.246. The maximum absolute atomic E-state index is 2.72. The van der Waals surface area contributed by atoms with Crippen LogP contribution in [0.5, 0.6) is 0 Å². The molecule has 2 aliphatic heterocycles. The van der Waals surface area contributed by atoms with Gasteiger partial charge in [0.25, 0.3) is 6.71 Å². The zero-order valence-corrected chi connectivity index (χ0v) is 48.6. The fourth-order valence-corrected chi connectivity index (χ4v) is 15.0. The molecule has 0 aliphatic carbocycles. The molecule has 0 saturated heterocycles. The minimum atomic E-state index is -0.246. The Morgan fingerprint density at radius 3 is 1.13 bits per heavy atom. The van der Waals surface area contributed by atoms with Gasteiger partial charge in [-0.2, -0.15) is 0 Å². The number of para-hydroxylation sites is 6. The third kappa shape index (κ3) is 7.88. The topological polar surface area (TPSA) is 16.3 Å². The van der Waals surface area contributed by atoms with Gasteiger partial charge in [0.1, 0.15) is 0 Å². The first-order chi connectivity index (χ1) is 44.2. The second-order valence-corrected chi connectivity index (χ2v) is 23.5. The van der Waals surface area contributed by atoms with Crippen LogP contribution in [0.15, 0.2) is 334 Å². The second kappa shape index (κ2) is 20.5. The van der Waals surface area contributed by atoms with Crippen molar-refractivity contribution in [2.75, 3.05) is 9.80 Å². The molecule has 5 heteroatoms. The van der Waals surface area contributed by atoms with Gasteiger partial charge in [0.2, 0.25) is 0 Å². The SMILES string of the molecule is c1ccc(-c2ccc3c(c2)B2c4ccc5c(c4N(c4c(-c6ccccc6)cccc4-c4ccccc4)c4cc(-n6c7ccccc7c7ccccc76)cc(c42)N3c2c(-c3ccccc3)cccc2-c2ccccc2)c2ccccc2n5-c2ccccc2)cc1. The fourth-order valence-electron chi connectivity index (χ4n) is 15.0. The van der Waals surface area contributed by atoms with E-state index in [1.807, 2.05) is 0 Å². The largest absolute Gasteiger partial charge is 0.310 e. The van der Waals surface area contributed by atoms with Gasteiger partial charge >= 0.3 is 0 Å². The molecule has 414 valence electrons. The van der Waals surface area contributed by atoms with E-state index in [0.29, 0.717) is 0 Å². The van der Waals surface area contributed by atoms with E-state index >= 15 is 0 Å². The average Bonchev–Trinajstić information content (AvgIpc) is 1.67. The van der Waals surface area contributed by atoms with Gasteiger partial charge in [0.05, 0.1) is 44.8 Å². The predicted octanol–water partition coefficient (Wildman–Crippen LogP) is 20.3. The van der Waals surface area contributed by atoms with Crippen LogP contribution in [-0.2, 0) is 0 Å². The molecule has 2 aliphatic rings. The summed E-state index contributed by atoms with van der Waals surface area (Å²) in [6.45, 7) is -0.246. The van der Waals surface area contributed by atoms with Crippen LogP contribution in [0.25, 0.3) is 111 Å². The highest BCUT2D eigenvalue weighted by Crippen LogP contribution is 2.55. The Kier molecular flexibility index (Phi) is 11.7. The Labute approximate surface area is 517 Å². The number of rotatable bonds is 9. The first-order valence-electron chi connectivity index (χ1n) is 30.8. The monoisotopic (exact) mass is 1130 g/mol. The summed E-state index contributed by atoms with van der Waals surface area (Å²) in [5.41, 5.74) is 28.7. The zero-order chi connectivity index (χ0) is 58.5. The molecular formula is C84H55BN4. The molecule has 4 nitrogen and oxygen atoms in total. The molecule has 0 unspecified atom stereocenters. The third-order valence-corrected chi connectivity index (χ3v) is 18.7. The van der Waals surface area contributed by atoms with Gasteiger partial charge in [-0.3, -0.25) is 0 Å². The maximum atomic E-state index is 2.72. The number of aromatic nitrogens is 2. The number of fused-ring (bicyclic) bond motifs is 11. The van der Waals surface area contributed by atoms with Crippen LogP contribution in [0.1, 0.15) is 0 Å². The van der Waals surface area contributed by atoms with Crippen LogP contribution in [0.3, 0.4) is 0 Å². The van der Waals surface area contributed by atoms with Crippen molar-refractivity contribution in [1.82, 2.24) is 9.13 Å². The molecule has 0 fully saturated rings. The number of anilines is 6. The molecule has 0 bridgehead atoms. The molecule has 18 rings (SSSR count). The predicted molar refractivity (Wildman–Crippen MR) is 376 cm³/mol. The summed E-state index contributed by atoms with van der Waals surface area (Å²) in [6.07, 6.45) is 0. The molecule has 0 saturated carbocycles. The van der Waals surface area contributed by atoms with Gasteiger partial charge < -0.3 is 18.9 Å². The van der Waals surface area contributed by atoms with Crippen molar-refractivity contribution in [3.8, 4) is 67.0 Å². The van der Waals surface area contributed by atoms with Gasteiger partial charge in [-0.25, -0.2) is 0 Å². The third-order valence-electron chi connectivity index (χ3n) is 18.7. The Morgan fingerprint density at radius 1 is 0.225 bits per heavy atom. The fraction of sp³-hybridized carbons (Fsp3) is 0. The summed E-state index contributed by atoms with van der Waals surface area (Å²) in [7, 11) is 0. The lowest BCUT2D eigenvalue weighted by molar-refractivity contribution is 1.16. The lowest BCUT2D eigenvalue weighted by Gasteiger charge is -2.46. The highest BCUT2D eigenvalue weighted by atomic mass is 15.2. The van der Waals surface area contributed by atoms with E-state index in [9.17, 15) is 0 Å². The van der Waals surface area contributed by atoms with Crippen molar-refractivity contribution >= 4 is 101 Å². The smallest absolute Gasteiger partial charge is 0.252 e. The first kappa shape index (κ1) is 50.6. The molecule has 4 heterocycles. The van der Waals surface area contributed by atoms with Crippen molar-refractivity contribution in [3.05, 3.63) is 334 Å². The van der Waals surface area contributed by atoms with E-state index in [-0.39, 0.29) is 6.71 Å². The van der Waals surface area contributed by atoms with E-state index in [1.165, 1.54) is 49.1 Å². The Morgan fingerprint density at radius 2 is 0.629 bits per heavy atom. The summed E-state index contributed by atoms with van der Waals surface area (Å²) in [5.74, 6) is 0. The second-order valence-electron chi connectivity index (χ2n) is 23.5. The number of benzene rings is 14. The van der Waals surface area contributed by atoms with Gasteiger partial charge in [-0.15, -0.1) is 0 Å². The average molecular weight is 1130 g/mol. The van der Waals surface area contributed by atoms with Crippen LogP contribution in [0.4, 0.5) is 34.1 Å². The molecule has 0 spiro atoms. The van der Waals surface area contributed by atoms with Gasteiger partial charge in [0, 0.05) is 66.5 Å². The van der Waals surface area contributed by atoms with Crippen molar-refractivity contribution < 1.29 is 0 Å². The molecular weight excluding hydrogens is 1080 g/mol. The lowest BCUT2D eigenvalue weighted by Crippen LogP contribution is -2.61. The summed E-state index contributed by atoms with van der Waals surface area (Å²) in [5, 5.41) is 4.81. The summed E-state index contributed by atoms with van der Waals surface area (Å²) < 4.78 is 5.01. The van der Waals surface area contributed by atoms with Crippen LogP contribution in [0.2, 0.25) is 0 Å². The number of hydrogen-bond donors (Lipinski definition) is 0. The van der Waals surface area contributed by atoms with E-state index in [0.717, 1.165) is 112 Å². The summed E-state index contributed by atoms with van der Waals surface area (Å²) >= 11 is 0. The van der Waals surface area contributed by atoms with E-state index < -0.39 is 0 Å². The van der Waals surface area contributed by atoms with Gasteiger partial charge in [-0.05, 0) is 104 Å². The van der Waals surface area contributed by atoms with Crippen LogP contribution >= 0.6 is 0 Å². The van der Waals surface area contributed by atoms with E-state index in [2.05, 4.69) is 353 Å².